The van der Waals surface area contributed by atoms with E-state index in [9.17, 15) is 5.11 Å². The van der Waals surface area contributed by atoms with Crippen LogP contribution in [-0.4, -0.2) is 40.3 Å². The van der Waals surface area contributed by atoms with Gasteiger partial charge in [-0.1, -0.05) is 0 Å². The molecule has 3 N–H and O–H groups in total. The fraction of sp³-hybridized carbons (Fsp3) is 1.00. The quantitative estimate of drug-likeness (QED) is 0.617. The maximum atomic E-state index is 9.92. The van der Waals surface area contributed by atoms with Gasteiger partial charge in [0.25, 0.3) is 0 Å². The highest BCUT2D eigenvalue weighted by molar-refractivity contribution is 5.02. The summed E-state index contributed by atoms with van der Waals surface area (Å²) in [6.07, 6.45) is 3.00. The minimum absolute atomic E-state index is 0.00694. The van der Waals surface area contributed by atoms with Crippen molar-refractivity contribution in [2.75, 3.05) is 0 Å². The zero-order valence-electron chi connectivity index (χ0n) is 8.48. The van der Waals surface area contributed by atoms with E-state index in [0.717, 1.165) is 12.8 Å². The number of hydrogen-bond acceptors (Lipinski definition) is 3. The van der Waals surface area contributed by atoms with Gasteiger partial charge in [-0.25, -0.2) is 0 Å². The molecule has 3 nitrogen and oxygen atoms in total. The highest BCUT2D eigenvalue weighted by atomic mass is 16.3. The molecule has 2 aliphatic heterocycles. The van der Waals surface area contributed by atoms with Crippen molar-refractivity contribution in [3.05, 3.63) is 0 Å². The third-order valence-electron chi connectivity index (χ3n) is 3.57. The fourth-order valence-corrected chi connectivity index (χ4v) is 3.06. The SMILES string of the molecule is CC(C)N1[C@H]2CC[C@@H]1[C@@H](O)[C@H](N)C2. The molecule has 4 atom stereocenters. The summed E-state index contributed by atoms with van der Waals surface area (Å²) >= 11 is 0. The molecule has 0 aromatic rings. The predicted molar refractivity (Wildman–Crippen MR) is 52.4 cm³/mol. The molecule has 76 valence electrons. The summed E-state index contributed by atoms with van der Waals surface area (Å²) in [7, 11) is 0. The first-order chi connectivity index (χ1) is 6.11. The van der Waals surface area contributed by atoms with Crippen LogP contribution in [0.4, 0.5) is 0 Å². The molecular weight excluding hydrogens is 164 g/mol. The van der Waals surface area contributed by atoms with Crippen LogP contribution in [0.2, 0.25) is 0 Å². The van der Waals surface area contributed by atoms with Crippen LogP contribution in [-0.2, 0) is 0 Å². The number of piperidine rings is 1. The number of aliphatic hydroxyl groups excluding tert-OH is 1. The molecule has 2 rings (SSSR count). The summed E-state index contributed by atoms with van der Waals surface area (Å²) < 4.78 is 0. The molecule has 0 unspecified atom stereocenters. The third-order valence-corrected chi connectivity index (χ3v) is 3.57. The molecule has 0 saturated carbocycles. The van der Waals surface area contributed by atoms with Crippen molar-refractivity contribution in [2.45, 2.75) is 63.4 Å². The van der Waals surface area contributed by atoms with Gasteiger partial charge in [0.2, 0.25) is 0 Å². The van der Waals surface area contributed by atoms with Gasteiger partial charge in [0.1, 0.15) is 0 Å². The maximum Gasteiger partial charge on any atom is 0.0846 e. The Labute approximate surface area is 79.9 Å². The molecule has 0 spiro atoms. The van der Waals surface area contributed by atoms with Gasteiger partial charge in [0.15, 0.2) is 0 Å². The molecule has 2 saturated heterocycles. The lowest BCUT2D eigenvalue weighted by molar-refractivity contribution is -0.0157. The molecule has 2 heterocycles. The smallest absolute Gasteiger partial charge is 0.0846 e. The van der Waals surface area contributed by atoms with Gasteiger partial charge in [-0.15, -0.1) is 0 Å². The van der Waals surface area contributed by atoms with Crippen molar-refractivity contribution in [2.24, 2.45) is 5.73 Å². The summed E-state index contributed by atoms with van der Waals surface area (Å²) in [5.74, 6) is 0. The zero-order valence-corrected chi connectivity index (χ0v) is 8.48. The van der Waals surface area contributed by atoms with Gasteiger partial charge in [0, 0.05) is 24.2 Å². The van der Waals surface area contributed by atoms with Crippen molar-refractivity contribution in [3.8, 4) is 0 Å². The van der Waals surface area contributed by atoms with E-state index < -0.39 is 0 Å². The Morgan fingerprint density at radius 1 is 1.38 bits per heavy atom. The summed E-state index contributed by atoms with van der Waals surface area (Å²) in [6, 6.07) is 1.50. The Morgan fingerprint density at radius 3 is 2.69 bits per heavy atom. The molecule has 2 fully saturated rings. The highest BCUT2D eigenvalue weighted by Crippen LogP contribution is 2.36. The van der Waals surface area contributed by atoms with Crippen molar-refractivity contribution >= 4 is 0 Å². The van der Waals surface area contributed by atoms with Gasteiger partial charge in [-0.05, 0) is 33.1 Å². The second-order valence-corrected chi connectivity index (χ2v) is 4.73. The van der Waals surface area contributed by atoms with Crippen LogP contribution in [0, 0.1) is 0 Å². The fourth-order valence-electron chi connectivity index (χ4n) is 3.06. The van der Waals surface area contributed by atoms with Crippen molar-refractivity contribution in [3.63, 3.8) is 0 Å². The Morgan fingerprint density at radius 2 is 2.08 bits per heavy atom. The average Bonchev–Trinajstić information content (AvgIpc) is 2.40. The van der Waals surface area contributed by atoms with E-state index in [4.69, 9.17) is 5.73 Å². The molecule has 0 aromatic carbocycles. The second kappa shape index (κ2) is 3.23. The lowest BCUT2D eigenvalue weighted by Crippen LogP contribution is -2.58. The second-order valence-electron chi connectivity index (χ2n) is 4.73. The summed E-state index contributed by atoms with van der Waals surface area (Å²) in [6.45, 7) is 4.41. The Hall–Kier alpha value is -0.120. The van der Waals surface area contributed by atoms with Gasteiger partial charge in [-0.3, -0.25) is 4.90 Å². The van der Waals surface area contributed by atoms with Crippen molar-refractivity contribution < 1.29 is 5.11 Å². The summed E-state index contributed by atoms with van der Waals surface area (Å²) in [5, 5.41) is 9.92. The summed E-state index contributed by atoms with van der Waals surface area (Å²) in [4.78, 5) is 2.45. The normalized spacial score (nSPS) is 45.9. The highest BCUT2D eigenvalue weighted by Gasteiger charge is 2.46. The van der Waals surface area contributed by atoms with E-state index in [0.29, 0.717) is 18.1 Å². The van der Waals surface area contributed by atoms with E-state index in [1.165, 1.54) is 6.42 Å². The monoisotopic (exact) mass is 184 g/mol. The minimum Gasteiger partial charge on any atom is -0.390 e. The van der Waals surface area contributed by atoms with Crippen LogP contribution in [0.15, 0.2) is 0 Å². The van der Waals surface area contributed by atoms with E-state index in [2.05, 4.69) is 18.7 Å². The Balaban J connectivity index is 2.16. The van der Waals surface area contributed by atoms with Crippen LogP contribution >= 0.6 is 0 Å². The third kappa shape index (κ3) is 1.39. The molecule has 0 aromatic heterocycles. The van der Waals surface area contributed by atoms with E-state index in [-0.39, 0.29) is 12.1 Å². The largest absolute Gasteiger partial charge is 0.390 e. The van der Waals surface area contributed by atoms with E-state index >= 15 is 0 Å². The van der Waals surface area contributed by atoms with Crippen molar-refractivity contribution in [1.82, 2.24) is 4.90 Å². The molecule has 3 heteroatoms. The zero-order chi connectivity index (χ0) is 9.59. The molecule has 0 aliphatic carbocycles. The molecular formula is C10H20N2O. The minimum atomic E-state index is -0.304. The van der Waals surface area contributed by atoms with Crippen LogP contribution in [0.25, 0.3) is 0 Å². The van der Waals surface area contributed by atoms with Crippen LogP contribution in [0.3, 0.4) is 0 Å². The van der Waals surface area contributed by atoms with Crippen LogP contribution in [0.1, 0.15) is 33.1 Å². The number of nitrogens with two attached hydrogens (primary N) is 1. The molecule has 0 amide bonds. The first kappa shape index (κ1) is 9.44. The first-order valence-corrected chi connectivity index (χ1v) is 5.32. The topological polar surface area (TPSA) is 49.5 Å². The maximum absolute atomic E-state index is 9.92. The standard InChI is InChI=1S/C10H20N2O/c1-6(2)12-7-3-4-9(12)10(13)8(11)5-7/h6-10,13H,3-5,11H2,1-2H3/t7-,8+,9+,10-/m0/s1. The van der Waals surface area contributed by atoms with Crippen LogP contribution < -0.4 is 5.73 Å². The molecule has 2 aliphatic rings. The number of rotatable bonds is 1. The van der Waals surface area contributed by atoms with Gasteiger partial charge >= 0.3 is 0 Å². The average molecular weight is 184 g/mol. The lowest BCUT2D eigenvalue weighted by atomic mass is 9.94. The molecule has 13 heavy (non-hydrogen) atoms. The van der Waals surface area contributed by atoms with Crippen LogP contribution in [0.5, 0.6) is 0 Å². The number of hydrogen-bond donors (Lipinski definition) is 2. The summed E-state index contributed by atoms with van der Waals surface area (Å²) in [5.41, 5.74) is 5.88. The Kier molecular flexibility index (Phi) is 2.34. The van der Waals surface area contributed by atoms with E-state index in [1.54, 1.807) is 0 Å². The van der Waals surface area contributed by atoms with Gasteiger partial charge in [0.05, 0.1) is 6.10 Å². The lowest BCUT2D eigenvalue weighted by Gasteiger charge is -2.43. The van der Waals surface area contributed by atoms with Gasteiger partial charge in [-0.2, -0.15) is 0 Å². The van der Waals surface area contributed by atoms with Crippen molar-refractivity contribution in [1.29, 1.82) is 0 Å². The van der Waals surface area contributed by atoms with E-state index in [1.807, 2.05) is 0 Å². The Bertz CT molecular complexity index is 195. The predicted octanol–water partition coefficient (Wildman–Crippen LogP) is 0.320. The molecule has 2 bridgehead atoms. The number of nitrogens with zero attached hydrogens (tertiary/aromatic N) is 1. The number of aliphatic hydroxyl groups is 1. The number of fused-ring (bicyclic) bond motifs is 2. The first-order valence-electron chi connectivity index (χ1n) is 5.32. The van der Waals surface area contributed by atoms with Gasteiger partial charge < -0.3 is 10.8 Å². The molecule has 0 radical (unpaired) electrons.